The minimum absolute atomic E-state index is 0.566. The van der Waals surface area contributed by atoms with Crippen LogP contribution in [-0.2, 0) is 0 Å². The van der Waals surface area contributed by atoms with Crippen LogP contribution >= 0.6 is 11.6 Å². The van der Waals surface area contributed by atoms with E-state index < -0.39 is 0 Å². The molecule has 1 unspecified atom stereocenters. The van der Waals surface area contributed by atoms with Crippen LogP contribution < -0.4 is 5.73 Å². The molecule has 1 aromatic carbocycles. The van der Waals surface area contributed by atoms with Crippen LogP contribution in [-0.4, -0.2) is 24.5 Å². The van der Waals surface area contributed by atoms with Crippen LogP contribution in [0.4, 0.5) is 0 Å². The van der Waals surface area contributed by atoms with E-state index in [4.69, 9.17) is 17.3 Å². The molecule has 2 N–H and O–H groups in total. The van der Waals surface area contributed by atoms with Crippen molar-refractivity contribution in [2.24, 2.45) is 5.73 Å². The zero-order valence-corrected chi connectivity index (χ0v) is 8.87. The Balaban J connectivity index is 2.04. The van der Waals surface area contributed by atoms with Gasteiger partial charge in [-0.25, -0.2) is 0 Å². The van der Waals surface area contributed by atoms with Crippen LogP contribution in [0.2, 0.25) is 5.02 Å². The molecule has 1 aliphatic rings. The average molecular weight is 211 g/mol. The van der Waals surface area contributed by atoms with Crippen molar-refractivity contribution >= 4 is 11.6 Å². The lowest BCUT2D eigenvalue weighted by Crippen LogP contribution is -2.43. The Labute approximate surface area is 89.7 Å². The van der Waals surface area contributed by atoms with Gasteiger partial charge < -0.3 is 5.73 Å². The fourth-order valence-corrected chi connectivity index (χ4v) is 2.06. The summed E-state index contributed by atoms with van der Waals surface area (Å²) in [7, 11) is 0. The van der Waals surface area contributed by atoms with E-state index in [9.17, 15) is 0 Å². The predicted molar refractivity (Wildman–Crippen MR) is 59.4 cm³/mol. The first-order chi connectivity index (χ1) is 6.81. The molecule has 0 amide bonds. The molecule has 1 atom stereocenters. The maximum absolute atomic E-state index is 5.84. The van der Waals surface area contributed by atoms with Gasteiger partial charge in [-0.2, -0.15) is 0 Å². The SMILES string of the molecule is NCCN1CCC1c1ccc(Cl)cc1. The van der Waals surface area contributed by atoms with Crippen molar-refractivity contribution in [2.75, 3.05) is 19.6 Å². The van der Waals surface area contributed by atoms with E-state index in [1.165, 1.54) is 18.5 Å². The molecular weight excluding hydrogens is 196 g/mol. The van der Waals surface area contributed by atoms with Gasteiger partial charge in [0.1, 0.15) is 0 Å². The van der Waals surface area contributed by atoms with E-state index in [0.29, 0.717) is 6.04 Å². The molecule has 0 aromatic heterocycles. The van der Waals surface area contributed by atoms with Gasteiger partial charge in [0, 0.05) is 30.7 Å². The van der Waals surface area contributed by atoms with Gasteiger partial charge in [0.05, 0.1) is 0 Å². The molecule has 1 fully saturated rings. The van der Waals surface area contributed by atoms with Crippen molar-refractivity contribution in [3.63, 3.8) is 0 Å². The Hall–Kier alpha value is -0.570. The molecule has 2 nitrogen and oxygen atoms in total. The summed E-state index contributed by atoms with van der Waals surface area (Å²) in [5, 5.41) is 0.804. The van der Waals surface area contributed by atoms with Gasteiger partial charge in [-0.1, -0.05) is 23.7 Å². The summed E-state index contributed by atoms with van der Waals surface area (Å²) in [6.45, 7) is 2.90. The number of benzene rings is 1. The molecule has 0 spiro atoms. The van der Waals surface area contributed by atoms with Gasteiger partial charge in [0.2, 0.25) is 0 Å². The summed E-state index contributed by atoms with van der Waals surface area (Å²) in [5.41, 5.74) is 6.90. The van der Waals surface area contributed by atoms with Crippen LogP contribution in [0.3, 0.4) is 0 Å². The maximum Gasteiger partial charge on any atom is 0.0406 e. The van der Waals surface area contributed by atoms with E-state index in [1.54, 1.807) is 0 Å². The Kier molecular flexibility index (Phi) is 3.06. The highest BCUT2D eigenvalue weighted by molar-refractivity contribution is 6.30. The zero-order valence-electron chi connectivity index (χ0n) is 8.12. The molecule has 1 heterocycles. The highest BCUT2D eigenvalue weighted by Crippen LogP contribution is 2.32. The third-order valence-electron chi connectivity index (χ3n) is 2.80. The summed E-state index contributed by atoms with van der Waals surface area (Å²) >= 11 is 5.84. The van der Waals surface area contributed by atoms with Gasteiger partial charge in [-0.05, 0) is 24.1 Å². The summed E-state index contributed by atoms with van der Waals surface area (Å²) in [5.74, 6) is 0. The van der Waals surface area contributed by atoms with Gasteiger partial charge >= 0.3 is 0 Å². The normalized spacial score (nSPS) is 22.0. The summed E-state index contributed by atoms with van der Waals surface area (Å²) in [6, 6.07) is 8.69. The van der Waals surface area contributed by atoms with Crippen LogP contribution in [0.5, 0.6) is 0 Å². The molecule has 1 aromatic rings. The van der Waals surface area contributed by atoms with Gasteiger partial charge in [-0.3, -0.25) is 4.90 Å². The van der Waals surface area contributed by atoms with Gasteiger partial charge in [0.15, 0.2) is 0 Å². The third-order valence-corrected chi connectivity index (χ3v) is 3.05. The highest BCUT2D eigenvalue weighted by Gasteiger charge is 2.27. The van der Waals surface area contributed by atoms with Crippen LogP contribution in [0.15, 0.2) is 24.3 Å². The number of rotatable bonds is 3. The molecule has 0 aliphatic carbocycles. The van der Waals surface area contributed by atoms with Crippen LogP contribution in [0.25, 0.3) is 0 Å². The first-order valence-electron chi connectivity index (χ1n) is 5.01. The Bertz CT molecular complexity index is 297. The second kappa shape index (κ2) is 4.30. The van der Waals surface area contributed by atoms with Crippen molar-refractivity contribution in [1.29, 1.82) is 0 Å². The number of halogens is 1. The van der Waals surface area contributed by atoms with Crippen LogP contribution in [0.1, 0.15) is 18.0 Å². The summed E-state index contributed by atoms with van der Waals surface area (Å²) in [4.78, 5) is 2.41. The molecule has 14 heavy (non-hydrogen) atoms. The monoisotopic (exact) mass is 210 g/mol. The predicted octanol–water partition coefficient (Wildman–Crippen LogP) is 2.05. The molecule has 0 bridgehead atoms. The highest BCUT2D eigenvalue weighted by atomic mass is 35.5. The van der Waals surface area contributed by atoms with Crippen molar-refractivity contribution < 1.29 is 0 Å². The fourth-order valence-electron chi connectivity index (χ4n) is 1.94. The molecule has 0 radical (unpaired) electrons. The first kappa shape index (κ1) is 9.97. The lowest BCUT2D eigenvalue weighted by molar-refractivity contribution is 0.0951. The molecule has 1 aliphatic heterocycles. The summed E-state index contributed by atoms with van der Waals surface area (Å²) < 4.78 is 0. The average Bonchev–Trinajstić information content (AvgIpc) is 2.16. The van der Waals surface area contributed by atoms with Crippen LogP contribution in [0, 0.1) is 0 Å². The minimum Gasteiger partial charge on any atom is -0.329 e. The van der Waals surface area contributed by atoms with Gasteiger partial charge in [0.25, 0.3) is 0 Å². The second-order valence-corrected chi connectivity index (χ2v) is 4.12. The number of hydrogen-bond acceptors (Lipinski definition) is 2. The number of likely N-dealkylation sites (tertiary alicyclic amines) is 1. The third kappa shape index (κ3) is 1.92. The molecular formula is C11H15ClN2. The molecule has 1 saturated heterocycles. The van der Waals surface area contributed by atoms with E-state index in [-0.39, 0.29) is 0 Å². The largest absolute Gasteiger partial charge is 0.329 e. The summed E-state index contributed by atoms with van der Waals surface area (Å²) in [6.07, 6.45) is 1.24. The fraction of sp³-hybridized carbons (Fsp3) is 0.455. The topological polar surface area (TPSA) is 29.3 Å². The van der Waals surface area contributed by atoms with E-state index >= 15 is 0 Å². The Morgan fingerprint density at radius 3 is 2.57 bits per heavy atom. The minimum atomic E-state index is 0.566. The number of nitrogens with zero attached hydrogens (tertiary/aromatic N) is 1. The van der Waals surface area contributed by atoms with Crippen molar-refractivity contribution in [3.8, 4) is 0 Å². The molecule has 3 heteroatoms. The Morgan fingerprint density at radius 1 is 1.36 bits per heavy atom. The smallest absolute Gasteiger partial charge is 0.0406 e. The Morgan fingerprint density at radius 2 is 2.07 bits per heavy atom. The van der Waals surface area contributed by atoms with E-state index in [1.807, 2.05) is 12.1 Å². The molecule has 76 valence electrons. The lowest BCUT2D eigenvalue weighted by atomic mass is 9.95. The number of nitrogens with two attached hydrogens (primary N) is 1. The van der Waals surface area contributed by atoms with Crippen molar-refractivity contribution in [2.45, 2.75) is 12.5 Å². The maximum atomic E-state index is 5.84. The van der Waals surface area contributed by atoms with Crippen molar-refractivity contribution in [1.82, 2.24) is 4.90 Å². The quantitative estimate of drug-likeness (QED) is 0.828. The molecule has 0 saturated carbocycles. The van der Waals surface area contributed by atoms with Crippen molar-refractivity contribution in [3.05, 3.63) is 34.9 Å². The standard InChI is InChI=1S/C11H15ClN2/c12-10-3-1-9(2-4-10)11-5-7-14(11)8-6-13/h1-4,11H,5-8,13H2. The first-order valence-corrected chi connectivity index (χ1v) is 5.38. The zero-order chi connectivity index (χ0) is 9.97. The second-order valence-electron chi connectivity index (χ2n) is 3.68. The van der Waals surface area contributed by atoms with E-state index in [2.05, 4.69) is 17.0 Å². The molecule has 2 rings (SSSR count). The lowest BCUT2D eigenvalue weighted by Gasteiger charge is -2.41. The van der Waals surface area contributed by atoms with E-state index in [0.717, 1.165) is 18.1 Å². The van der Waals surface area contributed by atoms with Gasteiger partial charge in [-0.15, -0.1) is 0 Å². The number of hydrogen-bond donors (Lipinski definition) is 1.